The Balaban J connectivity index is 2.55. The van der Waals surface area contributed by atoms with E-state index in [0.717, 1.165) is 5.56 Å². The fourth-order valence-electron chi connectivity index (χ4n) is 1.87. The van der Waals surface area contributed by atoms with Crippen molar-refractivity contribution in [1.82, 2.24) is 5.32 Å². The van der Waals surface area contributed by atoms with Crippen LogP contribution in [0.5, 0.6) is 11.5 Å². The molecule has 138 valence electrons. The highest BCUT2D eigenvalue weighted by atomic mass is 16.5. The third-order valence-electron chi connectivity index (χ3n) is 3.63. The smallest absolute Gasteiger partial charge is 0.331 e. The van der Waals surface area contributed by atoms with Gasteiger partial charge in [-0.1, -0.05) is 19.9 Å². The van der Waals surface area contributed by atoms with Crippen molar-refractivity contribution in [2.24, 2.45) is 5.92 Å². The zero-order valence-electron chi connectivity index (χ0n) is 15.5. The molecule has 1 aromatic rings. The van der Waals surface area contributed by atoms with Crippen molar-refractivity contribution in [2.75, 3.05) is 20.3 Å². The van der Waals surface area contributed by atoms with Crippen LogP contribution in [-0.2, 0) is 14.3 Å². The van der Waals surface area contributed by atoms with Gasteiger partial charge in [-0.25, -0.2) is 4.79 Å². The summed E-state index contributed by atoms with van der Waals surface area (Å²) in [4.78, 5) is 23.4. The van der Waals surface area contributed by atoms with E-state index in [-0.39, 0.29) is 18.6 Å². The van der Waals surface area contributed by atoms with Gasteiger partial charge in [-0.2, -0.15) is 0 Å². The van der Waals surface area contributed by atoms with Gasteiger partial charge in [-0.05, 0) is 43.5 Å². The largest absolute Gasteiger partial charge is 0.493 e. The zero-order valence-corrected chi connectivity index (χ0v) is 15.5. The number of nitrogens with one attached hydrogen (secondary N) is 1. The molecule has 6 nitrogen and oxygen atoms in total. The molecule has 6 heteroatoms. The number of methoxy groups -OCH3 is 1. The second-order valence-corrected chi connectivity index (χ2v) is 5.88. The Labute approximate surface area is 149 Å². The molecular formula is C19H27NO5. The second kappa shape index (κ2) is 10.4. The van der Waals surface area contributed by atoms with Gasteiger partial charge < -0.3 is 19.5 Å². The molecule has 0 fully saturated rings. The molecule has 0 unspecified atom stereocenters. The lowest BCUT2D eigenvalue weighted by molar-refractivity contribution is -0.144. The molecule has 0 aliphatic carbocycles. The van der Waals surface area contributed by atoms with Gasteiger partial charge in [0.1, 0.15) is 0 Å². The van der Waals surface area contributed by atoms with Crippen LogP contribution in [0.1, 0.15) is 33.3 Å². The fraction of sp³-hybridized carbons (Fsp3) is 0.474. The summed E-state index contributed by atoms with van der Waals surface area (Å²) in [6, 6.07) is 5.35. The Morgan fingerprint density at radius 2 is 1.92 bits per heavy atom. The van der Waals surface area contributed by atoms with Crippen molar-refractivity contribution in [3.05, 3.63) is 29.8 Å². The van der Waals surface area contributed by atoms with Crippen molar-refractivity contribution in [3.63, 3.8) is 0 Å². The number of benzene rings is 1. The third-order valence-corrected chi connectivity index (χ3v) is 3.63. The highest BCUT2D eigenvalue weighted by Gasteiger charge is 2.12. The summed E-state index contributed by atoms with van der Waals surface area (Å²) in [7, 11) is 1.55. The average Bonchev–Trinajstić information content (AvgIpc) is 2.59. The van der Waals surface area contributed by atoms with E-state index in [2.05, 4.69) is 5.32 Å². The van der Waals surface area contributed by atoms with Crippen LogP contribution in [0.4, 0.5) is 0 Å². The lowest BCUT2D eigenvalue weighted by atomic mass is 10.1. The van der Waals surface area contributed by atoms with Crippen molar-refractivity contribution in [2.45, 2.75) is 33.7 Å². The minimum Gasteiger partial charge on any atom is -0.493 e. The summed E-state index contributed by atoms with van der Waals surface area (Å²) in [5.74, 6) is 0.639. The molecule has 0 aliphatic heterocycles. The molecule has 25 heavy (non-hydrogen) atoms. The van der Waals surface area contributed by atoms with Gasteiger partial charge in [0.15, 0.2) is 18.1 Å². The van der Waals surface area contributed by atoms with E-state index in [1.54, 1.807) is 31.4 Å². The maximum Gasteiger partial charge on any atom is 0.331 e. The summed E-state index contributed by atoms with van der Waals surface area (Å²) >= 11 is 0. The molecule has 1 atom stereocenters. The van der Waals surface area contributed by atoms with E-state index in [9.17, 15) is 9.59 Å². The first-order chi connectivity index (χ1) is 11.9. The maximum absolute atomic E-state index is 11.7. The minimum absolute atomic E-state index is 0.0260. The van der Waals surface area contributed by atoms with Gasteiger partial charge in [-0.15, -0.1) is 0 Å². The van der Waals surface area contributed by atoms with E-state index in [0.29, 0.717) is 24.0 Å². The molecule has 1 rings (SSSR count). The van der Waals surface area contributed by atoms with Crippen molar-refractivity contribution < 1.29 is 23.8 Å². The van der Waals surface area contributed by atoms with Gasteiger partial charge in [0.05, 0.1) is 13.7 Å². The molecular weight excluding hydrogens is 322 g/mol. The Morgan fingerprint density at radius 1 is 1.20 bits per heavy atom. The number of amides is 1. The standard InChI is InChI=1S/C19H27NO5/c1-6-24-16-9-7-15(11-17(16)23-5)8-10-19(22)25-12-18(21)20-14(4)13(2)3/h7-11,13-14H,6,12H2,1-5H3,(H,20,21)/b10-8+/t14-/m1/s1. The number of hydrogen-bond acceptors (Lipinski definition) is 5. The zero-order chi connectivity index (χ0) is 18.8. The first-order valence-electron chi connectivity index (χ1n) is 8.32. The lowest BCUT2D eigenvalue weighted by Crippen LogP contribution is -2.38. The molecule has 0 spiro atoms. The van der Waals surface area contributed by atoms with Crippen LogP contribution < -0.4 is 14.8 Å². The Bertz CT molecular complexity index is 610. The SMILES string of the molecule is CCOc1ccc(/C=C/C(=O)OCC(=O)N[C@H](C)C(C)C)cc1OC. The lowest BCUT2D eigenvalue weighted by Gasteiger charge is -2.16. The number of esters is 1. The first-order valence-corrected chi connectivity index (χ1v) is 8.32. The maximum atomic E-state index is 11.7. The highest BCUT2D eigenvalue weighted by Crippen LogP contribution is 2.28. The van der Waals surface area contributed by atoms with Crippen LogP contribution in [0, 0.1) is 5.92 Å². The Hall–Kier alpha value is -2.50. The molecule has 0 saturated carbocycles. The van der Waals surface area contributed by atoms with Crippen LogP contribution in [0.3, 0.4) is 0 Å². The quantitative estimate of drug-likeness (QED) is 0.548. The van der Waals surface area contributed by atoms with Gasteiger partial charge in [0, 0.05) is 12.1 Å². The van der Waals surface area contributed by atoms with Gasteiger partial charge >= 0.3 is 5.97 Å². The van der Waals surface area contributed by atoms with Crippen LogP contribution in [0.15, 0.2) is 24.3 Å². The molecule has 1 N–H and O–H groups in total. The Morgan fingerprint density at radius 3 is 2.52 bits per heavy atom. The summed E-state index contributed by atoms with van der Waals surface area (Å²) in [6.45, 7) is 8.04. The topological polar surface area (TPSA) is 73.9 Å². The summed E-state index contributed by atoms with van der Waals surface area (Å²) in [5, 5.41) is 2.77. The van der Waals surface area contributed by atoms with E-state index in [4.69, 9.17) is 14.2 Å². The molecule has 0 aliphatic rings. The number of ether oxygens (including phenoxy) is 3. The average molecular weight is 349 g/mol. The normalized spacial score (nSPS) is 12.1. The number of rotatable bonds is 9. The minimum atomic E-state index is -0.583. The molecule has 0 saturated heterocycles. The molecule has 0 aromatic heterocycles. The predicted octanol–water partition coefficient (Wildman–Crippen LogP) is 2.81. The molecule has 0 bridgehead atoms. The van der Waals surface area contributed by atoms with Gasteiger partial charge in [-0.3, -0.25) is 4.79 Å². The van der Waals surface area contributed by atoms with E-state index >= 15 is 0 Å². The predicted molar refractivity (Wildman–Crippen MR) is 96.6 cm³/mol. The Kier molecular flexibility index (Phi) is 8.53. The van der Waals surface area contributed by atoms with E-state index < -0.39 is 5.97 Å². The number of carbonyl (C=O) groups is 2. The molecule has 1 aromatic carbocycles. The second-order valence-electron chi connectivity index (χ2n) is 5.88. The summed E-state index contributed by atoms with van der Waals surface area (Å²) < 4.78 is 15.6. The van der Waals surface area contributed by atoms with Crippen LogP contribution in [-0.4, -0.2) is 38.2 Å². The summed E-state index contributed by atoms with van der Waals surface area (Å²) in [6.07, 6.45) is 2.86. The first kappa shape index (κ1) is 20.5. The van der Waals surface area contributed by atoms with E-state index in [1.165, 1.54) is 6.08 Å². The van der Waals surface area contributed by atoms with Crippen LogP contribution >= 0.6 is 0 Å². The summed E-state index contributed by atoms with van der Waals surface area (Å²) in [5.41, 5.74) is 0.759. The van der Waals surface area contributed by atoms with Gasteiger partial charge in [0.25, 0.3) is 5.91 Å². The van der Waals surface area contributed by atoms with Crippen molar-refractivity contribution in [3.8, 4) is 11.5 Å². The van der Waals surface area contributed by atoms with Crippen molar-refractivity contribution >= 4 is 18.0 Å². The van der Waals surface area contributed by atoms with E-state index in [1.807, 2.05) is 27.7 Å². The molecule has 0 heterocycles. The molecule has 0 radical (unpaired) electrons. The van der Waals surface area contributed by atoms with Crippen LogP contribution in [0.25, 0.3) is 6.08 Å². The van der Waals surface area contributed by atoms with Gasteiger partial charge in [0.2, 0.25) is 0 Å². The van der Waals surface area contributed by atoms with Crippen LogP contribution in [0.2, 0.25) is 0 Å². The van der Waals surface area contributed by atoms with Crippen molar-refractivity contribution in [1.29, 1.82) is 0 Å². The third kappa shape index (κ3) is 7.28. The highest BCUT2D eigenvalue weighted by molar-refractivity contribution is 5.89. The number of carbonyl (C=O) groups excluding carboxylic acids is 2. The monoisotopic (exact) mass is 349 g/mol. The molecule has 1 amide bonds. The fourth-order valence-corrected chi connectivity index (χ4v) is 1.87. The number of hydrogen-bond donors (Lipinski definition) is 1.